The number of carbonyl (C=O) groups excluding carboxylic acids is 1. The van der Waals surface area contributed by atoms with Crippen LogP contribution in [0, 0.1) is 0 Å². The number of amides is 1. The smallest absolute Gasteiger partial charge is 0.248 e. The van der Waals surface area contributed by atoms with Gasteiger partial charge in [-0.2, -0.15) is 0 Å². The van der Waals surface area contributed by atoms with Gasteiger partial charge >= 0.3 is 0 Å². The van der Waals surface area contributed by atoms with Crippen molar-refractivity contribution in [3.05, 3.63) is 29.6 Å². The van der Waals surface area contributed by atoms with Crippen LogP contribution in [0.1, 0.15) is 30.0 Å². The number of aromatic nitrogens is 2. The predicted molar refractivity (Wildman–Crippen MR) is 63.3 cm³/mol. The Morgan fingerprint density at radius 2 is 2.19 bits per heavy atom. The van der Waals surface area contributed by atoms with Crippen LogP contribution in [0.4, 0.5) is 0 Å². The maximum absolute atomic E-state index is 11.1. The van der Waals surface area contributed by atoms with Gasteiger partial charge in [-0.05, 0) is 25.1 Å². The molecule has 0 aliphatic carbocycles. The van der Waals surface area contributed by atoms with Crippen molar-refractivity contribution in [2.75, 3.05) is 0 Å². The normalized spacial score (nSPS) is 10.9. The molecule has 84 valence electrons. The molecule has 0 aliphatic rings. The first kappa shape index (κ1) is 10.7. The molecule has 1 aromatic carbocycles. The predicted octanol–water partition coefficient (Wildman–Crippen LogP) is 1.72. The molecule has 1 amide bonds. The summed E-state index contributed by atoms with van der Waals surface area (Å²) in [5.41, 5.74) is 7.65. The highest BCUT2D eigenvalue weighted by molar-refractivity contribution is 5.96. The van der Waals surface area contributed by atoms with Gasteiger partial charge in [0.25, 0.3) is 0 Å². The fourth-order valence-electron chi connectivity index (χ4n) is 1.96. The first-order valence-electron chi connectivity index (χ1n) is 5.46. The van der Waals surface area contributed by atoms with Gasteiger partial charge in [-0.1, -0.05) is 6.92 Å². The fourth-order valence-corrected chi connectivity index (χ4v) is 1.96. The summed E-state index contributed by atoms with van der Waals surface area (Å²) in [6.45, 7) is 5.04. The average Bonchev–Trinajstić information content (AvgIpc) is 2.65. The Balaban J connectivity index is 2.67. The number of rotatable bonds is 3. The molecule has 1 aromatic heterocycles. The zero-order valence-electron chi connectivity index (χ0n) is 9.53. The molecule has 16 heavy (non-hydrogen) atoms. The summed E-state index contributed by atoms with van der Waals surface area (Å²) >= 11 is 0. The van der Waals surface area contributed by atoms with Crippen LogP contribution in [0.3, 0.4) is 0 Å². The molecular formula is C12H15N3O. The molecule has 0 radical (unpaired) electrons. The number of hydrogen-bond donors (Lipinski definition) is 1. The third-order valence-corrected chi connectivity index (χ3v) is 2.74. The lowest BCUT2D eigenvalue weighted by atomic mass is 10.2. The quantitative estimate of drug-likeness (QED) is 0.850. The Kier molecular flexibility index (Phi) is 2.64. The monoisotopic (exact) mass is 217 g/mol. The minimum atomic E-state index is -0.411. The lowest BCUT2D eigenvalue weighted by Crippen LogP contribution is -2.10. The molecule has 4 heteroatoms. The largest absolute Gasteiger partial charge is 0.366 e. The van der Waals surface area contributed by atoms with E-state index in [2.05, 4.69) is 23.4 Å². The number of aryl methyl sites for hydroxylation is 2. The van der Waals surface area contributed by atoms with Crippen LogP contribution in [0.5, 0.6) is 0 Å². The summed E-state index contributed by atoms with van der Waals surface area (Å²) in [7, 11) is 0. The third kappa shape index (κ3) is 1.56. The van der Waals surface area contributed by atoms with Crippen molar-refractivity contribution in [3.8, 4) is 0 Å². The van der Waals surface area contributed by atoms with Crippen molar-refractivity contribution in [3.63, 3.8) is 0 Å². The fraction of sp³-hybridized carbons (Fsp3) is 0.333. The van der Waals surface area contributed by atoms with Crippen LogP contribution in [-0.4, -0.2) is 15.5 Å². The minimum absolute atomic E-state index is 0.411. The zero-order chi connectivity index (χ0) is 11.7. The molecule has 4 nitrogen and oxygen atoms in total. The van der Waals surface area contributed by atoms with Crippen LogP contribution in [0.2, 0.25) is 0 Å². The maximum atomic E-state index is 11.1. The molecule has 0 atom stereocenters. The SMILES string of the molecule is CCc1nc2cc(C(N)=O)ccc2n1CC. The highest BCUT2D eigenvalue weighted by Gasteiger charge is 2.09. The summed E-state index contributed by atoms with van der Waals surface area (Å²) in [6, 6.07) is 5.41. The Labute approximate surface area is 94.1 Å². The molecular weight excluding hydrogens is 202 g/mol. The summed E-state index contributed by atoms with van der Waals surface area (Å²) in [5.74, 6) is 0.630. The van der Waals surface area contributed by atoms with E-state index in [0.717, 1.165) is 29.8 Å². The van der Waals surface area contributed by atoms with Gasteiger partial charge in [0, 0.05) is 18.5 Å². The molecule has 0 spiro atoms. The molecule has 2 N–H and O–H groups in total. The van der Waals surface area contributed by atoms with Gasteiger partial charge < -0.3 is 10.3 Å². The molecule has 0 fully saturated rings. The first-order valence-corrected chi connectivity index (χ1v) is 5.46. The number of nitrogens with zero attached hydrogens (tertiary/aromatic N) is 2. The van der Waals surface area contributed by atoms with Crippen LogP contribution in [0.15, 0.2) is 18.2 Å². The van der Waals surface area contributed by atoms with E-state index in [4.69, 9.17) is 5.73 Å². The lowest BCUT2D eigenvalue weighted by Gasteiger charge is -2.03. The van der Waals surface area contributed by atoms with E-state index in [0.29, 0.717) is 5.56 Å². The van der Waals surface area contributed by atoms with E-state index in [1.165, 1.54) is 0 Å². The average molecular weight is 217 g/mol. The van der Waals surface area contributed by atoms with E-state index < -0.39 is 5.91 Å². The van der Waals surface area contributed by atoms with Crippen LogP contribution < -0.4 is 5.73 Å². The summed E-state index contributed by atoms with van der Waals surface area (Å²) in [4.78, 5) is 15.6. The van der Waals surface area contributed by atoms with Crippen molar-refractivity contribution in [2.45, 2.75) is 26.8 Å². The number of primary amides is 1. The summed E-state index contributed by atoms with van der Waals surface area (Å²) in [5, 5.41) is 0. The summed E-state index contributed by atoms with van der Waals surface area (Å²) in [6.07, 6.45) is 0.883. The number of nitrogens with two attached hydrogens (primary N) is 1. The molecule has 2 rings (SSSR count). The Morgan fingerprint density at radius 3 is 2.75 bits per heavy atom. The molecule has 0 aliphatic heterocycles. The first-order chi connectivity index (χ1) is 7.67. The van der Waals surface area contributed by atoms with Crippen molar-refractivity contribution in [1.29, 1.82) is 0 Å². The van der Waals surface area contributed by atoms with Gasteiger partial charge in [0.1, 0.15) is 5.82 Å². The summed E-state index contributed by atoms with van der Waals surface area (Å²) < 4.78 is 2.15. The molecule has 0 unspecified atom stereocenters. The van der Waals surface area contributed by atoms with Crippen molar-refractivity contribution >= 4 is 16.9 Å². The van der Waals surface area contributed by atoms with Gasteiger partial charge in [-0.15, -0.1) is 0 Å². The van der Waals surface area contributed by atoms with Crippen LogP contribution >= 0.6 is 0 Å². The number of carbonyl (C=O) groups is 1. The molecule has 1 heterocycles. The number of imidazole rings is 1. The van der Waals surface area contributed by atoms with E-state index >= 15 is 0 Å². The van der Waals surface area contributed by atoms with E-state index in [-0.39, 0.29) is 0 Å². The van der Waals surface area contributed by atoms with Crippen molar-refractivity contribution in [2.24, 2.45) is 5.73 Å². The zero-order valence-corrected chi connectivity index (χ0v) is 9.53. The maximum Gasteiger partial charge on any atom is 0.248 e. The Bertz CT molecular complexity index is 542. The van der Waals surface area contributed by atoms with Gasteiger partial charge in [0.15, 0.2) is 0 Å². The Morgan fingerprint density at radius 1 is 1.44 bits per heavy atom. The van der Waals surface area contributed by atoms with Gasteiger partial charge in [-0.25, -0.2) is 4.98 Å². The number of fused-ring (bicyclic) bond motifs is 1. The third-order valence-electron chi connectivity index (χ3n) is 2.74. The molecule has 0 saturated heterocycles. The van der Waals surface area contributed by atoms with E-state index in [9.17, 15) is 4.79 Å². The van der Waals surface area contributed by atoms with Crippen LogP contribution in [-0.2, 0) is 13.0 Å². The Hall–Kier alpha value is -1.84. The highest BCUT2D eigenvalue weighted by atomic mass is 16.1. The molecule has 0 saturated carbocycles. The second-order valence-electron chi connectivity index (χ2n) is 3.69. The highest BCUT2D eigenvalue weighted by Crippen LogP contribution is 2.18. The van der Waals surface area contributed by atoms with E-state index in [1.54, 1.807) is 12.1 Å². The topological polar surface area (TPSA) is 60.9 Å². The van der Waals surface area contributed by atoms with Gasteiger partial charge in [0.2, 0.25) is 5.91 Å². The second kappa shape index (κ2) is 3.96. The van der Waals surface area contributed by atoms with Gasteiger partial charge in [0.05, 0.1) is 11.0 Å². The van der Waals surface area contributed by atoms with Crippen LogP contribution in [0.25, 0.3) is 11.0 Å². The second-order valence-corrected chi connectivity index (χ2v) is 3.69. The number of benzene rings is 1. The van der Waals surface area contributed by atoms with Crippen molar-refractivity contribution < 1.29 is 4.79 Å². The minimum Gasteiger partial charge on any atom is -0.366 e. The van der Waals surface area contributed by atoms with Crippen molar-refractivity contribution in [1.82, 2.24) is 9.55 Å². The lowest BCUT2D eigenvalue weighted by molar-refractivity contribution is 0.100. The standard InChI is InChI=1S/C12H15N3O/c1-3-11-14-9-7-8(12(13)16)5-6-10(9)15(11)4-2/h5-7H,3-4H2,1-2H3,(H2,13,16). The molecule has 0 bridgehead atoms. The van der Waals surface area contributed by atoms with Gasteiger partial charge in [-0.3, -0.25) is 4.79 Å². The number of hydrogen-bond acceptors (Lipinski definition) is 2. The molecule has 2 aromatic rings. The van der Waals surface area contributed by atoms with E-state index in [1.807, 2.05) is 6.07 Å².